The van der Waals surface area contributed by atoms with Gasteiger partial charge < -0.3 is 4.90 Å². The van der Waals surface area contributed by atoms with Gasteiger partial charge in [-0.15, -0.1) is 0 Å². The van der Waals surface area contributed by atoms with Crippen LogP contribution in [0.2, 0.25) is 5.02 Å². The number of carbonyl (C=O) groups is 1. The number of nitrogens with zero attached hydrogens (tertiary/aromatic N) is 4. The van der Waals surface area contributed by atoms with E-state index in [0.29, 0.717) is 30.4 Å². The van der Waals surface area contributed by atoms with Crippen molar-refractivity contribution in [2.45, 2.75) is 64.1 Å². The number of amides is 1. The minimum atomic E-state index is -4.68. The minimum Gasteiger partial charge on any atom is -0.334 e. The molecule has 1 amide bonds. The molecule has 0 radical (unpaired) electrons. The summed E-state index contributed by atoms with van der Waals surface area (Å²) < 4.78 is 44.0. The van der Waals surface area contributed by atoms with Crippen LogP contribution in [0.15, 0.2) is 24.3 Å². The van der Waals surface area contributed by atoms with Crippen LogP contribution < -0.4 is 0 Å². The molecular weight excluding hydrogens is 477 g/mol. The van der Waals surface area contributed by atoms with Gasteiger partial charge in [-0.1, -0.05) is 49.2 Å². The highest BCUT2D eigenvalue weighted by atomic mass is 35.5. The molecule has 5 nitrogen and oxygen atoms in total. The molecule has 2 aromatic heterocycles. The van der Waals surface area contributed by atoms with Crippen molar-refractivity contribution in [2.24, 2.45) is 11.8 Å². The number of hydrogen-bond acceptors (Lipinski definition) is 3. The molecule has 3 heterocycles. The maximum atomic E-state index is 14.4. The third-order valence-electron chi connectivity index (χ3n) is 8.09. The van der Waals surface area contributed by atoms with Crippen molar-refractivity contribution >= 4 is 23.2 Å². The van der Waals surface area contributed by atoms with Gasteiger partial charge in [-0.25, -0.2) is 9.50 Å². The molecule has 1 saturated carbocycles. The van der Waals surface area contributed by atoms with Crippen LogP contribution in [0.1, 0.15) is 66.3 Å². The molecule has 9 heteroatoms. The van der Waals surface area contributed by atoms with E-state index in [9.17, 15) is 18.0 Å². The second-order valence-electron chi connectivity index (χ2n) is 10.1. The fraction of sp³-hybridized carbons (Fsp3) is 0.500. The lowest BCUT2D eigenvalue weighted by molar-refractivity contribution is -0.143. The van der Waals surface area contributed by atoms with E-state index in [1.807, 2.05) is 17.0 Å². The third-order valence-corrected chi connectivity index (χ3v) is 8.44. The van der Waals surface area contributed by atoms with Gasteiger partial charge in [0.1, 0.15) is 5.02 Å². The van der Waals surface area contributed by atoms with Gasteiger partial charge in [0, 0.05) is 23.7 Å². The average Bonchev–Trinajstić information content (AvgIpc) is 3.17. The van der Waals surface area contributed by atoms with Gasteiger partial charge in [0.05, 0.1) is 5.69 Å². The molecule has 0 spiro atoms. The first-order valence-corrected chi connectivity index (χ1v) is 12.7. The van der Waals surface area contributed by atoms with Crippen LogP contribution in [0.5, 0.6) is 0 Å². The summed E-state index contributed by atoms with van der Waals surface area (Å²) in [5.41, 5.74) is 0.828. The zero-order valence-corrected chi connectivity index (χ0v) is 20.2. The summed E-state index contributed by atoms with van der Waals surface area (Å²) in [7, 11) is 0. The molecule has 2 aliphatic carbocycles. The number of piperidine rings is 1. The lowest BCUT2D eigenvalue weighted by Gasteiger charge is -2.47. The SMILES string of the molecule is C[C@@H]1CCC[C@@H]2CCCN(C(=O)c3nn4c(C(F)(F)F)c5c(nc4c3Cl)-c3ccccc3CC5)[C@@H]21. The van der Waals surface area contributed by atoms with Crippen molar-refractivity contribution in [2.75, 3.05) is 6.54 Å². The summed E-state index contributed by atoms with van der Waals surface area (Å²) in [6, 6.07) is 7.42. The Labute approximate surface area is 206 Å². The molecule has 6 rings (SSSR count). The van der Waals surface area contributed by atoms with Crippen LogP contribution in [0.25, 0.3) is 16.9 Å². The quantitative estimate of drug-likeness (QED) is 0.397. The van der Waals surface area contributed by atoms with E-state index >= 15 is 0 Å². The predicted octanol–water partition coefficient (Wildman–Crippen LogP) is 6.21. The summed E-state index contributed by atoms with van der Waals surface area (Å²) in [4.78, 5) is 20.1. The smallest absolute Gasteiger partial charge is 0.334 e. The van der Waals surface area contributed by atoms with E-state index in [0.717, 1.165) is 42.2 Å². The van der Waals surface area contributed by atoms with Gasteiger partial charge in [-0.3, -0.25) is 4.79 Å². The lowest BCUT2D eigenvalue weighted by atomic mass is 9.73. The number of aromatic nitrogens is 3. The van der Waals surface area contributed by atoms with Crippen LogP contribution >= 0.6 is 11.6 Å². The number of carbonyl (C=O) groups excluding carboxylic acids is 1. The maximum Gasteiger partial charge on any atom is 0.433 e. The Hall–Kier alpha value is -2.61. The number of hydrogen-bond donors (Lipinski definition) is 0. The van der Waals surface area contributed by atoms with E-state index in [4.69, 9.17) is 11.6 Å². The van der Waals surface area contributed by atoms with Crippen LogP contribution in [0.3, 0.4) is 0 Å². The summed E-state index contributed by atoms with van der Waals surface area (Å²) in [6.45, 7) is 2.72. The van der Waals surface area contributed by atoms with Gasteiger partial charge in [0.25, 0.3) is 5.91 Å². The molecule has 3 atom stereocenters. The average molecular weight is 503 g/mol. The van der Waals surface area contributed by atoms with E-state index in [1.54, 1.807) is 12.1 Å². The molecule has 3 aromatic rings. The zero-order chi connectivity index (χ0) is 24.5. The Morgan fingerprint density at radius 3 is 2.69 bits per heavy atom. The van der Waals surface area contributed by atoms with Gasteiger partial charge >= 0.3 is 6.18 Å². The molecule has 1 aliphatic heterocycles. The summed E-state index contributed by atoms with van der Waals surface area (Å²) in [5, 5.41) is 4.08. The normalized spacial score (nSPS) is 24.1. The number of alkyl halides is 3. The number of halogens is 4. The minimum absolute atomic E-state index is 0.0704. The summed E-state index contributed by atoms with van der Waals surface area (Å²) in [5.74, 6) is 0.358. The van der Waals surface area contributed by atoms with Crippen molar-refractivity contribution in [3.8, 4) is 11.3 Å². The van der Waals surface area contributed by atoms with Crippen molar-refractivity contribution in [3.63, 3.8) is 0 Å². The number of rotatable bonds is 1. The molecule has 3 aliphatic rings. The van der Waals surface area contributed by atoms with Crippen molar-refractivity contribution in [1.29, 1.82) is 0 Å². The highest BCUT2D eigenvalue weighted by Gasteiger charge is 2.44. The summed E-state index contributed by atoms with van der Waals surface area (Å²) >= 11 is 6.61. The lowest BCUT2D eigenvalue weighted by Crippen LogP contribution is -2.53. The largest absolute Gasteiger partial charge is 0.433 e. The Kier molecular flexibility index (Phi) is 5.36. The Morgan fingerprint density at radius 2 is 1.89 bits per heavy atom. The second-order valence-corrected chi connectivity index (χ2v) is 10.5. The first-order valence-electron chi connectivity index (χ1n) is 12.3. The van der Waals surface area contributed by atoms with Gasteiger partial charge in [-0.05, 0) is 55.9 Å². The standard InChI is InChI=1S/C26H26ClF3N4O/c1-14-6-4-8-16-9-5-13-33(22(14)16)25(35)21-19(27)24-31-20-17-10-3-2-7-15(17)11-12-18(20)23(26(28,29)30)34(24)32-21/h2-3,7,10,14,16,22H,4-6,8-9,11-13H2,1H3/t14-,16-,22-/m1/s1. The Bertz CT molecular complexity index is 1330. The molecule has 1 aromatic carbocycles. The molecule has 1 saturated heterocycles. The van der Waals surface area contributed by atoms with Crippen molar-refractivity contribution in [3.05, 3.63) is 51.8 Å². The molecule has 184 valence electrons. The third kappa shape index (κ3) is 3.55. The predicted molar refractivity (Wildman–Crippen MR) is 126 cm³/mol. The highest BCUT2D eigenvalue weighted by molar-refractivity contribution is 6.36. The van der Waals surface area contributed by atoms with Gasteiger partial charge in [0.2, 0.25) is 0 Å². The highest BCUT2D eigenvalue weighted by Crippen LogP contribution is 2.43. The second kappa shape index (κ2) is 8.22. The molecular formula is C26H26ClF3N4O. The van der Waals surface area contributed by atoms with E-state index in [-0.39, 0.29) is 40.1 Å². The number of likely N-dealkylation sites (tertiary alicyclic amines) is 1. The first-order chi connectivity index (χ1) is 16.8. The Balaban J connectivity index is 1.52. The molecule has 0 bridgehead atoms. The zero-order valence-electron chi connectivity index (χ0n) is 19.4. The van der Waals surface area contributed by atoms with Crippen LogP contribution in [0.4, 0.5) is 13.2 Å². The molecule has 2 fully saturated rings. The fourth-order valence-corrected chi connectivity index (χ4v) is 6.84. The van der Waals surface area contributed by atoms with Gasteiger partial charge in [-0.2, -0.15) is 18.3 Å². The monoisotopic (exact) mass is 502 g/mol. The topological polar surface area (TPSA) is 50.5 Å². The van der Waals surface area contributed by atoms with Crippen molar-refractivity contribution in [1.82, 2.24) is 19.5 Å². The van der Waals surface area contributed by atoms with Crippen LogP contribution in [-0.4, -0.2) is 38.0 Å². The first kappa shape index (κ1) is 22.8. The van der Waals surface area contributed by atoms with Crippen molar-refractivity contribution < 1.29 is 18.0 Å². The Morgan fingerprint density at radius 1 is 1.11 bits per heavy atom. The van der Waals surface area contributed by atoms with E-state index in [2.05, 4.69) is 17.0 Å². The van der Waals surface area contributed by atoms with Crippen LogP contribution in [0, 0.1) is 11.8 Å². The van der Waals surface area contributed by atoms with Crippen LogP contribution in [-0.2, 0) is 19.0 Å². The molecule has 0 N–H and O–H groups in total. The summed E-state index contributed by atoms with van der Waals surface area (Å²) in [6.07, 6.45) is 1.20. The number of benzene rings is 1. The fourth-order valence-electron chi connectivity index (χ4n) is 6.60. The van der Waals surface area contributed by atoms with Gasteiger partial charge in [0.15, 0.2) is 17.0 Å². The number of fused-ring (bicyclic) bond motifs is 5. The maximum absolute atomic E-state index is 14.4. The van der Waals surface area contributed by atoms with E-state index in [1.165, 1.54) is 0 Å². The molecule has 0 unspecified atom stereocenters. The van der Waals surface area contributed by atoms with E-state index < -0.39 is 17.8 Å². The molecule has 35 heavy (non-hydrogen) atoms. The number of aryl methyl sites for hydroxylation is 1.